The Morgan fingerprint density at radius 2 is 1.95 bits per heavy atom. The minimum atomic E-state index is -0.123. The van der Waals surface area contributed by atoms with Crippen LogP contribution in [0.2, 0.25) is 0 Å². The van der Waals surface area contributed by atoms with Gasteiger partial charge < -0.3 is 0 Å². The number of anilines is 1. The number of fused-ring (bicyclic) bond motifs is 1. The Morgan fingerprint density at radius 1 is 1.09 bits per heavy atom. The van der Waals surface area contributed by atoms with Gasteiger partial charge in [0, 0.05) is 37.8 Å². The Morgan fingerprint density at radius 3 is 2.73 bits per heavy atom. The van der Waals surface area contributed by atoms with Crippen molar-refractivity contribution < 1.29 is 4.79 Å². The van der Waals surface area contributed by atoms with Crippen LogP contribution in [-0.4, -0.2) is 37.2 Å². The standard InChI is InChI=1S/C15H12N6O/c22-14-12-10-21(11-3-1-5-16-9-11)19-13(12)4-8-20(14)15-17-6-2-7-18-15/h1-3,5-7,9-10H,4,8H2. The van der Waals surface area contributed by atoms with Crippen LogP contribution in [0.3, 0.4) is 0 Å². The Hall–Kier alpha value is -3.09. The zero-order chi connectivity index (χ0) is 14.9. The predicted octanol–water partition coefficient (Wildman–Crippen LogP) is 1.26. The second kappa shape index (κ2) is 5.03. The van der Waals surface area contributed by atoms with Crippen LogP contribution in [0.15, 0.2) is 49.2 Å². The normalized spacial score (nSPS) is 14.0. The van der Waals surface area contributed by atoms with Gasteiger partial charge in [0.1, 0.15) is 0 Å². The van der Waals surface area contributed by atoms with Gasteiger partial charge in [-0.3, -0.25) is 14.7 Å². The molecule has 0 N–H and O–H groups in total. The van der Waals surface area contributed by atoms with E-state index in [4.69, 9.17) is 0 Å². The monoisotopic (exact) mass is 292 g/mol. The number of aromatic nitrogens is 5. The van der Waals surface area contributed by atoms with Gasteiger partial charge in [0.05, 0.1) is 23.1 Å². The molecule has 0 unspecified atom stereocenters. The lowest BCUT2D eigenvalue weighted by molar-refractivity contribution is 0.0979. The van der Waals surface area contributed by atoms with E-state index in [9.17, 15) is 4.79 Å². The molecule has 7 heteroatoms. The van der Waals surface area contributed by atoms with Crippen molar-refractivity contribution in [2.24, 2.45) is 0 Å². The highest BCUT2D eigenvalue weighted by atomic mass is 16.2. The molecule has 108 valence electrons. The number of pyridine rings is 1. The lowest BCUT2D eigenvalue weighted by Gasteiger charge is -2.23. The molecule has 1 amide bonds. The van der Waals surface area contributed by atoms with Gasteiger partial charge >= 0.3 is 0 Å². The first kappa shape index (κ1) is 12.6. The molecule has 0 saturated carbocycles. The molecule has 0 atom stereocenters. The number of nitrogens with zero attached hydrogens (tertiary/aromatic N) is 6. The zero-order valence-electron chi connectivity index (χ0n) is 11.6. The van der Waals surface area contributed by atoms with Crippen LogP contribution in [0.5, 0.6) is 0 Å². The van der Waals surface area contributed by atoms with Crippen molar-refractivity contribution in [1.29, 1.82) is 0 Å². The van der Waals surface area contributed by atoms with E-state index in [0.29, 0.717) is 24.5 Å². The van der Waals surface area contributed by atoms with Gasteiger partial charge in [-0.05, 0) is 18.2 Å². The van der Waals surface area contributed by atoms with E-state index < -0.39 is 0 Å². The fourth-order valence-electron chi connectivity index (χ4n) is 2.48. The van der Waals surface area contributed by atoms with E-state index >= 15 is 0 Å². The van der Waals surface area contributed by atoms with Crippen LogP contribution in [0.1, 0.15) is 16.1 Å². The molecule has 7 nitrogen and oxygen atoms in total. The van der Waals surface area contributed by atoms with Crippen molar-refractivity contribution in [3.63, 3.8) is 0 Å². The predicted molar refractivity (Wildman–Crippen MR) is 78.8 cm³/mol. The molecule has 0 bridgehead atoms. The zero-order valence-corrected chi connectivity index (χ0v) is 11.6. The maximum atomic E-state index is 12.6. The maximum absolute atomic E-state index is 12.6. The smallest absolute Gasteiger partial charge is 0.264 e. The molecule has 0 aromatic carbocycles. The van der Waals surface area contributed by atoms with Crippen molar-refractivity contribution in [2.45, 2.75) is 6.42 Å². The van der Waals surface area contributed by atoms with E-state index in [-0.39, 0.29) is 5.91 Å². The van der Waals surface area contributed by atoms with Gasteiger partial charge in [0.2, 0.25) is 5.95 Å². The third-order valence-electron chi connectivity index (χ3n) is 3.54. The van der Waals surface area contributed by atoms with Crippen molar-refractivity contribution in [3.05, 3.63) is 60.4 Å². The summed E-state index contributed by atoms with van der Waals surface area (Å²) in [5.74, 6) is 0.301. The molecule has 0 radical (unpaired) electrons. The average molecular weight is 292 g/mol. The Balaban J connectivity index is 1.71. The molecule has 3 aromatic heterocycles. The van der Waals surface area contributed by atoms with Crippen LogP contribution in [0, 0.1) is 0 Å². The first-order valence-corrected chi connectivity index (χ1v) is 6.91. The number of rotatable bonds is 2. The summed E-state index contributed by atoms with van der Waals surface area (Å²) < 4.78 is 1.69. The second-order valence-corrected chi connectivity index (χ2v) is 4.90. The second-order valence-electron chi connectivity index (χ2n) is 4.90. The highest BCUT2D eigenvalue weighted by Crippen LogP contribution is 2.22. The number of hydrogen-bond donors (Lipinski definition) is 0. The summed E-state index contributed by atoms with van der Waals surface area (Å²) in [6.07, 6.45) is 9.08. The van der Waals surface area contributed by atoms with E-state index in [1.807, 2.05) is 12.1 Å². The summed E-state index contributed by atoms with van der Waals surface area (Å²) >= 11 is 0. The Kier molecular flexibility index (Phi) is 2.89. The minimum Gasteiger partial charge on any atom is -0.276 e. The van der Waals surface area contributed by atoms with Crippen LogP contribution in [-0.2, 0) is 6.42 Å². The molecule has 1 aliphatic heterocycles. The summed E-state index contributed by atoms with van der Waals surface area (Å²) in [6.45, 7) is 0.528. The van der Waals surface area contributed by atoms with E-state index in [0.717, 1.165) is 11.4 Å². The third kappa shape index (κ3) is 2.03. The lowest BCUT2D eigenvalue weighted by Crippen LogP contribution is -2.38. The molecular weight excluding hydrogens is 280 g/mol. The molecule has 0 fully saturated rings. The first-order valence-electron chi connectivity index (χ1n) is 6.91. The number of amides is 1. The van der Waals surface area contributed by atoms with Crippen LogP contribution >= 0.6 is 0 Å². The molecule has 4 rings (SSSR count). The largest absolute Gasteiger partial charge is 0.276 e. The molecule has 1 aliphatic rings. The fourth-order valence-corrected chi connectivity index (χ4v) is 2.48. The third-order valence-corrected chi connectivity index (χ3v) is 3.54. The number of hydrogen-bond acceptors (Lipinski definition) is 5. The van der Waals surface area contributed by atoms with E-state index in [2.05, 4.69) is 20.1 Å². The molecule has 4 heterocycles. The number of carbonyl (C=O) groups excluding carboxylic acids is 1. The van der Waals surface area contributed by atoms with Crippen LogP contribution in [0.4, 0.5) is 5.95 Å². The summed E-state index contributed by atoms with van der Waals surface area (Å²) in [4.78, 5) is 26.6. The van der Waals surface area contributed by atoms with Crippen molar-refractivity contribution in [3.8, 4) is 5.69 Å². The average Bonchev–Trinajstić information content (AvgIpc) is 3.02. The van der Waals surface area contributed by atoms with Gasteiger partial charge in [-0.1, -0.05) is 0 Å². The molecule has 0 spiro atoms. The first-order chi connectivity index (χ1) is 10.8. The van der Waals surface area contributed by atoms with Crippen molar-refractivity contribution in [1.82, 2.24) is 24.7 Å². The summed E-state index contributed by atoms with van der Waals surface area (Å²) in [7, 11) is 0. The highest BCUT2D eigenvalue weighted by Gasteiger charge is 2.29. The van der Waals surface area contributed by atoms with E-state index in [1.54, 1.807) is 46.6 Å². The van der Waals surface area contributed by atoms with Crippen molar-refractivity contribution in [2.75, 3.05) is 11.4 Å². The quantitative estimate of drug-likeness (QED) is 0.710. The van der Waals surface area contributed by atoms with Crippen LogP contribution < -0.4 is 4.90 Å². The minimum absolute atomic E-state index is 0.123. The summed E-state index contributed by atoms with van der Waals surface area (Å²) in [6, 6.07) is 5.46. The van der Waals surface area contributed by atoms with Gasteiger partial charge in [0.15, 0.2) is 0 Å². The van der Waals surface area contributed by atoms with Crippen molar-refractivity contribution >= 4 is 11.9 Å². The maximum Gasteiger partial charge on any atom is 0.264 e. The van der Waals surface area contributed by atoms with Gasteiger partial charge in [-0.25, -0.2) is 14.6 Å². The van der Waals surface area contributed by atoms with Gasteiger partial charge in [-0.2, -0.15) is 5.10 Å². The lowest BCUT2D eigenvalue weighted by atomic mass is 10.1. The van der Waals surface area contributed by atoms with Crippen LogP contribution in [0.25, 0.3) is 5.69 Å². The molecule has 3 aromatic rings. The van der Waals surface area contributed by atoms with Gasteiger partial charge in [0.25, 0.3) is 5.91 Å². The molecule has 0 aliphatic carbocycles. The topological polar surface area (TPSA) is 76.8 Å². The summed E-state index contributed by atoms with van der Waals surface area (Å²) in [5.41, 5.74) is 2.20. The Bertz CT molecular complexity index is 815. The fraction of sp³-hybridized carbons (Fsp3) is 0.133. The number of carbonyl (C=O) groups is 1. The SMILES string of the molecule is O=C1c2cn(-c3cccnc3)nc2CCN1c1ncccn1. The molecule has 0 saturated heterocycles. The van der Waals surface area contributed by atoms with E-state index in [1.165, 1.54) is 0 Å². The summed E-state index contributed by atoms with van der Waals surface area (Å²) in [5, 5.41) is 4.49. The molecule has 22 heavy (non-hydrogen) atoms. The Labute approximate surface area is 126 Å². The molecular formula is C15H12N6O. The highest BCUT2D eigenvalue weighted by molar-refractivity contribution is 6.06. The van der Waals surface area contributed by atoms with Gasteiger partial charge in [-0.15, -0.1) is 0 Å².